The number of aliphatic hydroxyl groups is 1. The van der Waals surface area contributed by atoms with Crippen LogP contribution in [0.1, 0.15) is 11.1 Å². The molecule has 0 aliphatic heterocycles. The molecule has 3 aromatic rings. The van der Waals surface area contributed by atoms with Gasteiger partial charge in [-0.25, -0.2) is 4.39 Å². The van der Waals surface area contributed by atoms with E-state index in [4.69, 9.17) is 0 Å². The molecule has 4 heteroatoms. The van der Waals surface area contributed by atoms with Gasteiger partial charge >= 0.3 is 0 Å². The van der Waals surface area contributed by atoms with Gasteiger partial charge < -0.3 is 5.11 Å². The summed E-state index contributed by atoms with van der Waals surface area (Å²) in [6.07, 6.45) is 1.38. The summed E-state index contributed by atoms with van der Waals surface area (Å²) in [7, 11) is 0. The Hall–Kier alpha value is -1.78. The van der Waals surface area contributed by atoms with Crippen LogP contribution in [0.25, 0.3) is 10.9 Å². The van der Waals surface area contributed by atoms with Crippen molar-refractivity contribution in [1.82, 2.24) is 4.98 Å². The van der Waals surface area contributed by atoms with E-state index < -0.39 is 5.85 Å². The minimum absolute atomic E-state index is 0.152. The topological polar surface area (TPSA) is 33.1 Å². The van der Waals surface area contributed by atoms with E-state index in [2.05, 4.69) is 4.98 Å². The largest absolute Gasteiger partial charge is 0.354 e. The van der Waals surface area contributed by atoms with Crippen LogP contribution >= 0.6 is 11.3 Å². The van der Waals surface area contributed by atoms with Crippen LogP contribution in [0.3, 0.4) is 0 Å². The van der Waals surface area contributed by atoms with E-state index in [9.17, 15) is 9.50 Å². The van der Waals surface area contributed by atoms with Crippen molar-refractivity contribution in [2.45, 2.75) is 5.85 Å². The molecule has 0 aliphatic carbocycles. The molecule has 0 radical (unpaired) electrons. The van der Waals surface area contributed by atoms with Crippen LogP contribution in [0.2, 0.25) is 0 Å². The van der Waals surface area contributed by atoms with E-state index in [1.54, 1.807) is 22.9 Å². The van der Waals surface area contributed by atoms with Crippen LogP contribution in [0.4, 0.5) is 4.39 Å². The summed E-state index contributed by atoms with van der Waals surface area (Å²) in [6.45, 7) is 0. The Kier molecular flexibility index (Phi) is 2.61. The molecule has 0 amide bonds. The molecule has 0 aliphatic rings. The molecule has 90 valence electrons. The number of hydrogen-bond acceptors (Lipinski definition) is 3. The molecule has 1 N–H and O–H groups in total. The second-order valence-electron chi connectivity index (χ2n) is 4.05. The number of para-hydroxylation sites is 1. The SMILES string of the molecule is OC(F)(c1ccsc1)c1cnc2ccccc2c1. The first kappa shape index (κ1) is 11.3. The molecule has 2 heterocycles. The van der Waals surface area contributed by atoms with Gasteiger partial charge in [0.1, 0.15) is 0 Å². The second kappa shape index (κ2) is 4.15. The third-order valence-electron chi connectivity index (χ3n) is 2.88. The highest BCUT2D eigenvalue weighted by Crippen LogP contribution is 2.33. The first-order valence-electron chi connectivity index (χ1n) is 5.47. The first-order valence-corrected chi connectivity index (χ1v) is 6.41. The number of fused-ring (bicyclic) bond motifs is 1. The maximum Gasteiger partial charge on any atom is 0.261 e. The summed E-state index contributed by atoms with van der Waals surface area (Å²) >= 11 is 1.34. The number of halogens is 1. The molecule has 0 saturated carbocycles. The fourth-order valence-corrected chi connectivity index (χ4v) is 2.56. The van der Waals surface area contributed by atoms with Crippen molar-refractivity contribution in [2.24, 2.45) is 0 Å². The molecule has 1 unspecified atom stereocenters. The Balaban J connectivity index is 2.14. The van der Waals surface area contributed by atoms with E-state index in [-0.39, 0.29) is 11.1 Å². The lowest BCUT2D eigenvalue weighted by atomic mass is 10.0. The van der Waals surface area contributed by atoms with E-state index in [0.29, 0.717) is 0 Å². The van der Waals surface area contributed by atoms with Gasteiger partial charge in [-0.2, -0.15) is 11.3 Å². The molecule has 1 aromatic carbocycles. The summed E-state index contributed by atoms with van der Waals surface area (Å²) in [5, 5.41) is 14.1. The zero-order chi connectivity index (χ0) is 12.6. The summed E-state index contributed by atoms with van der Waals surface area (Å²) < 4.78 is 14.4. The minimum atomic E-state index is -2.49. The lowest BCUT2D eigenvalue weighted by molar-refractivity contribution is -0.0543. The van der Waals surface area contributed by atoms with Gasteiger partial charge in [-0.05, 0) is 29.0 Å². The molecule has 1 atom stereocenters. The summed E-state index contributed by atoms with van der Waals surface area (Å²) in [4.78, 5) is 4.16. The van der Waals surface area contributed by atoms with Crippen molar-refractivity contribution in [3.8, 4) is 0 Å². The van der Waals surface area contributed by atoms with Crippen molar-refractivity contribution in [1.29, 1.82) is 0 Å². The smallest absolute Gasteiger partial charge is 0.261 e. The number of aromatic nitrogens is 1. The van der Waals surface area contributed by atoms with Gasteiger partial charge in [-0.15, -0.1) is 0 Å². The molecule has 0 fully saturated rings. The summed E-state index contributed by atoms with van der Waals surface area (Å²) in [6, 6.07) is 10.6. The maximum absolute atomic E-state index is 14.4. The van der Waals surface area contributed by atoms with Crippen LogP contribution in [-0.2, 0) is 5.85 Å². The van der Waals surface area contributed by atoms with Crippen LogP contribution in [0, 0.1) is 0 Å². The van der Waals surface area contributed by atoms with Crippen molar-refractivity contribution < 1.29 is 9.50 Å². The standard InChI is InChI=1S/C14H10FNOS/c15-14(17,11-5-6-18-9-11)12-7-10-3-1-2-4-13(10)16-8-12/h1-9,17H. The predicted octanol–water partition coefficient (Wildman–Crippen LogP) is 3.46. The highest BCUT2D eigenvalue weighted by atomic mass is 32.1. The zero-order valence-electron chi connectivity index (χ0n) is 9.38. The van der Waals surface area contributed by atoms with Gasteiger partial charge in [0.2, 0.25) is 0 Å². The molecule has 3 rings (SSSR count). The Morgan fingerprint density at radius 2 is 2.00 bits per heavy atom. The monoisotopic (exact) mass is 259 g/mol. The Labute approximate surface area is 107 Å². The summed E-state index contributed by atoms with van der Waals surface area (Å²) in [5.41, 5.74) is 1.17. The molecule has 0 saturated heterocycles. The Morgan fingerprint density at radius 3 is 2.78 bits per heavy atom. The minimum Gasteiger partial charge on any atom is -0.354 e. The quantitative estimate of drug-likeness (QED) is 0.764. The number of rotatable bonds is 2. The number of benzene rings is 1. The maximum atomic E-state index is 14.4. The van der Waals surface area contributed by atoms with Gasteiger partial charge in [0.15, 0.2) is 0 Å². The molecule has 18 heavy (non-hydrogen) atoms. The molecule has 2 aromatic heterocycles. The van der Waals surface area contributed by atoms with Crippen molar-refractivity contribution in [2.75, 3.05) is 0 Å². The lowest BCUT2D eigenvalue weighted by Crippen LogP contribution is -2.20. The van der Waals surface area contributed by atoms with Gasteiger partial charge in [-0.3, -0.25) is 4.98 Å². The van der Waals surface area contributed by atoms with Crippen molar-refractivity contribution in [3.63, 3.8) is 0 Å². The van der Waals surface area contributed by atoms with E-state index in [1.807, 2.05) is 24.3 Å². The predicted molar refractivity (Wildman–Crippen MR) is 70.2 cm³/mol. The number of thiophene rings is 1. The molecule has 2 nitrogen and oxygen atoms in total. The van der Waals surface area contributed by atoms with Gasteiger partial charge in [0, 0.05) is 22.7 Å². The van der Waals surface area contributed by atoms with Crippen LogP contribution in [0.5, 0.6) is 0 Å². The highest BCUT2D eigenvalue weighted by molar-refractivity contribution is 7.08. The molecule has 0 bridgehead atoms. The first-order chi connectivity index (χ1) is 8.68. The normalized spacial score (nSPS) is 14.6. The van der Waals surface area contributed by atoms with Crippen molar-refractivity contribution >= 4 is 22.2 Å². The third kappa shape index (κ3) is 1.79. The van der Waals surface area contributed by atoms with Gasteiger partial charge in [0.05, 0.1) is 5.52 Å². The van der Waals surface area contributed by atoms with Crippen molar-refractivity contribution in [3.05, 3.63) is 64.5 Å². The van der Waals surface area contributed by atoms with E-state index in [1.165, 1.54) is 17.5 Å². The van der Waals surface area contributed by atoms with Crippen LogP contribution in [0.15, 0.2) is 53.4 Å². The fraction of sp³-hybridized carbons (Fsp3) is 0.0714. The second-order valence-corrected chi connectivity index (χ2v) is 4.83. The average molecular weight is 259 g/mol. The Morgan fingerprint density at radius 1 is 1.17 bits per heavy atom. The number of hydrogen-bond donors (Lipinski definition) is 1. The zero-order valence-corrected chi connectivity index (χ0v) is 10.2. The highest BCUT2D eigenvalue weighted by Gasteiger charge is 2.32. The Bertz CT molecular complexity index is 679. The summed E-state index contributed by atoms with van der Waals surface area (Å²) in [5.74, 6) is -2.49. The fourth-order valence-electron chi connectivity index (χ4n) is 1.87. The van der Waals surface area contributed by atoms with Crippen LogP contribution in [-0.4, -0.2) is 10.1 Å². The number of alkyl halides is 1. The molecule has 0 spiro atoms. The third-order valence-corrected chi connectivity index (χ3v) is 3.56. The number of nitrogens with zero attached hydrogens (tertiary/aromatic N) is 1. The average Bonchev–Trinajstić information content (AvgIpc) is 2.92. The number of pyridine rings is 1. The lowest BCUT2D eigenvalue weighted by Gasteiger charge is -2.18. The van der Waals surface area contributed by atoms with Gasteiger partial charge in [-0.1, -0.05) is 18.2 Å². The van der Waals surface area contributed by atoms with Gasteiger partial charge in [0.25, 0.3) is 5.85 Å². The molecular weight excluding hydrogens is 249 g/mol. The van der Waals surface area contributed by atoms with E-state index >= 15 is 0 Å². The van der Waals surface area contributed by atoms with E-state index in [0.717, 1.165) is 10.9 Å². The van der Waals surface area contributed by atoms with Crippen LogP contribution < -0.4 is 0 Å². The molecular formula is C14H10FNOS.